The van der Waals surface area contributed by atoms with Crippen LogP contribution in [0.4, 0.5) is 0 Å². The third-order valence-electron chi connectivity index (χ3n) is 2.43. The summed E-state index contributed by atoms with van der Waals surface area (Å²) in [5, 5.41) is 3.52. The quantitative estimate of drug-likeness (QED) is 0.688. The number of nitrogens with one attached hydrogen (secondary N) is 1. The van der Waals surface area contributed by atoms with Crippen LogP contribution in [0.2, 0.25) is 0 Å². The molecule has 0 radical (unpaired) electrons. The Morgan fingerprint density at radius 3 is 2.00 bits per heavy atom. The predicted molar refractivity (Wildman–Crippen MR) is 65.6 cm³/mol. The molecule has 0 amide bonds. The van der Waals surface area contributed by atoms with Gasteiger partial charge in [0.1, 0.15) is 0 Å². The Morgan fingerprint density at radius 1 is 1.00 bits per heavy atom. The highest BCUT2D eigenvalue weighted by atomic mass is 14.9. The van der Waals surface area contributed by atoms with Crippen molar-refractivity contribution in [2.24, 2.45) is 17.3 Å². The summed E-state index contributed by atoms with van der Waals surface area (Å²) in [5.41, 5.74) is 0.492. The highest BCUT2D eigenvalue weighted by molar-refractivity contribution is 4.65. The molecular formula is C13H29N. The van der Waals surface area contributed by atoms with Crippen molar-refractivity contribution in [1.29, 1.82) is 0 Å². The minimum absolute atomic E-state index is 0.492. The lowest BCUT2D eigenvalue weighted by molar-refractivity contribution is 0.323. The molecule has 1 unspecified atom stereocenters. The summed E-state index contributed by atoms with van der Waals surface area (Å²) in [6.45, 7) is 16.1. The smallest absolute Gasteiger partial charge is 0.00230 e. The zero-order chi connectivity index (χ0) is 11.2. The fraction of sp³-hybridized carbons (Fsp3) is 1.00. The van der Waals surface area contributed by atoms with E-state index >= 15 is 0 Å². The number of hydrogen-bond donors (Lipinski definition) is 1. The molecule has 0 aliphatic carbocycles. The lowest BCUT2D eigenvalue weighted by Gasteiger charge is -2.21. The van der Waals surface area contributed by atoms with Crippen LogP contribution in [0.3, 0.4) is 0 Å². The van der Waals surface area contributed by atoms with Gasteiger partial charge in [0.15, 0.2) is 0 Å². The van der Waals surface area contributed by atoms with Crippen LogP contribution in [0, 0.1) is 17.3 Å². The van der Waals surface area contributed by atoms with Crippen molar-refractivity contribution >= 4 is 0 Å². The van der Waals surface area contributed by atoms with Crippen LogP contribution in [0.15, 0.2) is 0 Å². The van der Waals surface area contributed by atoms with Crippen molar-refractivity contribution in [3.8, 4) is 0 Å². The molecule has 0 fully saturated rings. The van der Waals surface area contributed by atoms with Crippen molar-refractivity contribution in [1.82, 2.24) is 5.32 Å². The van der Waals surface area contributed by atoms with Gasteiger partial charge in [0.05, 0.1) is 0 Å². The van der Waals surface area contributed by atoms with Crippen LogP contribution in [0.1, 0.15) is 54.4 Å². The molecule has 0 rings (SSSR count). The van der Waals surface area contributed by atoms with Gasteiger partial charge in [0, 0.05) is 0 Å². The van der Waals surface area contributed by atoms with Crippen LogP contribution in [-0.4, -0.2) is 13.1 Å². The monoisotopic (exact) mass is 199 g/mol. The van der Waals surface area contributed by atoms with E-state index in [0.717, 1.165) is 18.4 Å². The van der Waals surface area contributed by atoms with Gasteiger partial charge in [-0.1, -0.05) is 41.5 Å². The fourth-order valence-electron chi connectivity index (χ4n) is 1.40. The van der Waals surface area contributed by atoms with E-state index in [0.29, 0.717) is 5.41 Å². The zero-order valence-electron chi connectivity index (χ0n) is 11.0. The normalized spacial score (nSPS) is 14.8. The van der Waals surface area contributed by atoms with Crippen LogP contribution < -0.4 is 5.32 Å². The second-order valence-corrected chi connectivity index (χ2v) is 6.26. The molecule has 1 atom stereocenters. The first-order valence-corrected chi connectivity index (χ1v) is 6.02. The molecular weight excluding hydrogens is 170 g/mol. The van der Waals surface area contributed by atoms with E-state index in [2.05, 4.69) is 46.9 Å². The van der Waals surface area contributed by atoms with Crippen LogP contribution in [0.5, 0.6) is 0 Å². The summed E-state index contributed by atoms with van der Waals surface area (Å²) in [6.07, 6.45) is 2.67. The van der Waals surface area contributed by atoms with E-state index in [1.54, 1.807) is 0 Å². The van der Waals surface area contributed by atoms with Crippen molar-refractivity contribution in [3.05, 3.63) is 0 Å². The molecule has 0 aliphatic rings. The van der Waals surface area contributed by atoms with Gasteiger partial charge in [0.25, 0.3) is 0 Å². The van der Waals surface area contributed by atoms with Crippen LogP contribution in [0.25, 0.3) is 0 Å². The summed E-state index contributed by atoms with van der Waals surface area (Å²) in [7, 11) is 0. The van der Waals surface area contributed by atoms with Gasteiger partial charge >= 0.3 is 0 Å². The largest absolute Gasteiger partial charge is 0.316 e. The third kappa shape index (κ3) is 10.0. The SMILES string of the molecule is CC(C)CNCC(C)CCC(C)(C)C. The van der Waals surface area contributed by atoms with Gasteiger partial charge in [0.2, 0.25) is 0 Å². The molecule has 0 aromatic carbocycles. The maximum atomic E-state index is 3.52. The Morgan fingerprint density at radius 2 is 1.57 bits per heavy atom. The van der Waals surface area contributed by atoms with Gasteiger partial charge < -0.3 is 5.32 Å². The summed E-state index contributed by atoms with van der Waals surface area (Å²) >= 11 is 0. The maximum absolute atomic E-state index is 3.52. The van der Waals surface area contributed by atoms with E-state index in [-0.39, 0.29) is 0 Å². The van der Waals surface area contributed by atoms with Gasteiger partial charge in [-0.2, -0.15) is 0 Å². The fourth-order valence-corrected chi connectivity index (χ4v) is 1.40. The second kappa shape index (κ2) is 6.44. The maximum Gasteiger partial charge on any atom is -0.00230 e. The molecule has 0 bridgehead atoms. The second-order valence-electron chi connectivity index (χ2n) is 6.26. The van der Waals surface area contributed by atoms with E-state index in [1.807, 2.05) is 0 Å². The summed E-state index contributed by atoms with van der Waals surface area (Å²) in [6, 6.07) is 0. The van der Waals surface area contributed by atoms with Crippen LogP contribution >= 0.6 is 0 Å². The van der Waals surface area contributed by atoms with E-state index < -0.39 is 0 Å². The van der Waals surface area contributed by atoms with Gasteiger partial charge in [-0.15, -0.1) is 0 Å². The summed E-state index contributed by atoms with van der Waals surface area (Å²) in [5.74, 6) is 1.58. The number of rotatable bonds is 6. The minimum Gasteiger partial charge on any atom is -0.316 e. The van der Waals surface area contributed by atoms with E-state index in [1.165, 1.54) is 19.4 Å². The summed E-state index contributed by atoms with van der Waals surface area (Å²) in [4.78, 5) is 0. The first-order chi connectivity index (χ1) is 6.31. The van der Waals surface area contributed by atoms with E-state index in [9.17, 15) is 0 Å². The Hall–Kier alpha value is -0.0400. The molecule has 0 aromatic rings. The lowest BCUT2D eigenvalue weighted by atomic mass is 9.87. The molecule has 0 spiro atoms. The van der Waals surface area contributed by atoms with Gasteiger partial charge in [-0.25, -0.2) is 0 Å². The molecule has 0 aliphatic heterocycles. The Balaban J connectivity index is 3.42. The Kier molecular flexibility index (Phi) is 6.43. The van der Waals surface area contributed by atoms with Crippen LogP contribution in [-0.2, 0) is 0 Å². The standard InChI is InChI=1S/C13H29N/c1-11(2)9-14-10-12(3)7-8-13(4,5)6/h11-12,14H,7-10H2,1-6H3. The average Bonchev–Trinajstić information content (AvgIpc) is 1.99. The molecule has 1 nitrogen and oxygen atoms in total. The molecule has 0 saturated heterocycles. The Bertz CT molecular complexity index is 133. The van der Waals surface area contributed by atoms with Crippen molar-refractivity contribution in [3.63, 3.8) is 0 Å². The Labute approximate surface area is 90.7 Å². The van der Waals surface area contributed by atoms with E-state index in [4.69, 9.17) is 0 Å². The highest BCUT2D eigenvalue weighted by Gasteiger charge is 2.12. The molecule has 0 saturated carbocycles. The lowest BCUT2D eigenvalue weighted by Crippen LogP contribution is -2.25. The predicted octanol–water partition coefficient (Wildman–Crippen LogP) is 3.69. The van der Waals surface area contributed by atoms with Crippen molar-refractivity contribution in [2.75, 3.05) is 13.1 Å². The molecule has 14 heavy (non-hydrogen) atoms. The van der Waals surface area contributed by atoms with Gasteiger partial charge in [-0.05, 0) is 43.2 Å². The molecule has 0 heterocycles. The molecule has 1 N–H and O–H groups in total. The average molecular weight is 199 g/mol. The zero-order valence-corrected chi connectivity index (χ0v) is 11.0. The molecule has 1 heteroatoms. The third-order valence-corrected chi connectivity index (χ3v) is 2.43. The highest BCUT2D eigenvalue weighted by Crippen LogP contribution is 2.23. The topological polar surface area (TPSA) is 12.0 Å². The minimum atomic E-state index is 0.492. The first kappa shape index (κ1) is 14.0. The van der Waals surface area contributed by atoms with Gasteiger partial charge in [-0.3, -0.25) is 0 Å². The number of hydrogen-bond acceptors (Lipinski definition) is 1. The molecule has 86 valence electrons. The first-order valence-electron chi connectivity index (χ1n) is 6.02. The molecule has 0 aromatic heterocycles. The van der Waals surface area contributed by atoms with Crippen molar-refractivity contribution in [2.45, 2.75) is 54.4 Å². The van der Waals surface area contributed by atoms with Crippen molar-refractivity contribution < 1.29 is 0 Å². The summed E-state index contributed by atoms with van der Waals surface area (Å²) < 4.78 is 0.